The molecule has 1 aromatic carbocycles. The average Bonchev–Trinajstić information content (AvgIpc) is 2.43. The Morgan fingerprint density at radius 1 is 1.26 bits per heavy atom. The Morgan fingerprint density at radius 3 is 2.68 bits per heavy atom. The molecule has 19 heavy (non-hydrogen) atoms. The van der Waals surface area contributed by atoms with Crippen molar-refractivity contribution < 1.29 is 9.53 Å². The summed E-state index contributed by atoms with van der Waals surface area (Å²) in [7, 11) is 1.63. The van der Waals surface area contributed by atoms with E-state index in [1.165, 1.54) is 0 Å². The van der Waals surface area contributed by atoms with E-state index in [1.807, 2.05) is 26.0 Å². The Kier molecular flexibility index (Phi) is 3.80. The molecule has 0 bridgehead atoms. The molecule has 2 aromatic rings. The lowest BCUT2D eigenvalue weighted by atomic mass is 10.1. The Bertz CT molecular complexity index is 595. The quantitative estimate of drug-likeness (QED) is 0.918. The van der Waals surface area contributed by atoms with Crippen molar-refractivity contribution in [3.05, 3.63) is 53.3 Å². The van der Waals surface area contributed by atoms with Gasteiger partial charge < -0.3 is 10.1 Å². The van der Waals surface area contributed by atoms with Crippen LogP contribution in [-0.2, 0) is 0 Å². The van der Waals surface area contributed by atoms with Crippen LogP contribution >= 0.6 is 0 Å². The van der Waals surface area contributed by atoms with E-state index in [9.17, 15) is 4.79 Å². The molecule has 0 unspecified atom stereocenters. The van der Waals surface area contributed by atoms with Crippen LogP contribution in [-0.4, -0.2) is 18.0 Å². The summed E-state index contributed by atoms with van der Waals surface area (Å²) in [6, 6.07) is 7.28. The summed E-state index contributed by atoms with van der Waals surface area (Å²) in [5.74, 6) is 0.651. The van der Waals surface area contributed by atoms with Gasteiger partial charge in [0, 0.05) is 18.1 Å². The van der Waals surface area contributed by atoms with Crippen LogP contribution in [0.2, 0.25) is 0 Å². The first-order valence-electron chi connectivity index (χ1n) is 5.98. The van der Waals surface area contributed by atoms with Crippen molar-refractivity contribution in [3.63, 3.8) is 0 Å². The summed E-state index contributed by atoms with van der Waals surface area (Å²) in [6.07, 6.45) is 3.18. The summed E-state index contributed by atoms with van der Waals surface area (Å²) >= 11 is 0. The summed E-state index contributed by atoms with van der Waals surface area (Å²) in [5.41, 5.74) is 3.26. The Labute approximate surface area is 112 Å². The van der Waals surface area contributed by atoms with Crippen LogP contribution in [0.3, 0.4) is 0 Å². The number of rotatable bonds is 3. The maximum absolute atomic E-state index is 12.0. The predicted octanol–water partition coefficient (Wildman–Crippen LogP) is 2.96. The van der Waals surface area contributed by atoms with Crippen molar-refractivity contribution >= 4 is 11.6 Å². The number of ether oxygens (including phenoxy) is 1. The summed E-state index contributed by atoms with van der Waals surface area (Å²) in [4.78, 5) is 16.0. The minimum Gasteiger partial charge on any atom is -0.496 e. The zero-order valence-corrected chi connectivity index (χ0v) is 11.2. The van der Waals surface area contributed by atoms with E-state index < -0.39 is 0 Å². The molecule has 1 aromatic heterocycles. The molecule has 0 saturated heterocycles. The number of aromatic nitrogens is 1. The maximum atomic E-state index is 12.0. The number of benzene rings is 1. The van der Waals surface area contributed by atoms with E-state index in [2.05, 4.69) is 10.3 Å². The highest BCUT2D eigenvalue weighted by atomic mass is 16.5. The van der Waals surface area contributed by atoms with E-state index in [1.54, 1.807) is 31.6 Å². The SMILES string of the molecule is COc1cc(C)c(NC(=O)c2cccnc2)cc1C. The molecular weight excluding hydrogens is 240 g/mol. The molecule has 1 N–H and O–H groups in total. The van der Waals surface area contributed by atoms with Gasteiger partial charge in [-0.3, -0.25) is 9.78 Å². The van der Waals surface area contributed by atoms with Gasteiger partial charge in [0.15, 0.2) is 0 Å². The summed E-state index contributed by atoms with van der Waals surface area (Å²) in [5, 5.41) is 2.88. The fourth-order valence-electron chi connectivity index (χ4n) is 1.84. The van der Waals surface area contributed by atoms with Crippen LogP contribution in [0.5, 0.6) is 5.75 Å². The molecule has 0 aliphatic heterocycles. The van der Waals surface area contributed by atoms with E-state index >= 15 is 0 Å². The van der Waals surface area contributed by atoms with Gasteiger partial charge in [0.25, 0.3) is 5.91 Å². The van der Waals surface area contributed by atoms with Gasteiger partial charge in [-0.1, -0.05) is 0 Å². The standard InChI is InChI=1S/C15H16N2O2/c1-10-8-14(19-3)11(2)7-13(10)17-15(18)12-5-4-6-16-9-12/h4-9H,1-3H3,(H,17,18). The fraction of sp³-hybridized carbons (Fsp3) is 0.200. The number of carbonyl (C=O) groups is 1. The van der Waals surface area contributed by atoms with Crippen LogP contribution in [0, 0.1) is 13.8 Å². The second kappa shape index (κ2) is 5.52. The van der Waals surface area contributed by atoms with Gasteiger partial charge in [-0.2, -0.15) is 0 Å². The Hall–Kier alpha value is -2.36. The normalized spacial score (nSPS) is 10.1. The predicted molar refractivity (Wildman–Crippen MR) is 74.7 cm³/mol. The van der Waals surface area contributed by atoms with Crippen molar-refractivity contribution in [2.45, 2.75) is 13.8 Å². The smallest absolute Gasteiger partial charge is 0.257 e. The van der Waals surface area contributed by atoms with Crippen molar-refractivity contribution in [3.8, 4) is 5.75 Å². The zero-order valence-electron chi connectivity index (χ0n) is 11.2. The van der Waals surface area contributed by atoms with Crippen LogP contribution in [0.15, 0.2) is 36.7 Å². The molecule has 0 saturated carbocycles. The number of hydrogen-bond donors (Lipinski definition) is 1. The van der Waals surface area contributed by atoms with Crippen molar-refractivity contribution in [2.24, 2.45) is 0 Å². The molecule has 1 amide bonds. The second-order valence-electron chi connectivity index (χ2n) is 4.33. The minimum atomic E-state index is -0.166. The summed E-state index contributed by atoms with van der Waals surface area (Å²) < 4.78 is 5.25. The van der Waals surface area contributed by atoms with Crippen molar-refractivity contribution in [1.29, 1.82) is 0 Å². The van der Waals surface area contributed by atoms with Crippen LogP contribution in [0.1, 0.15) is 21.5 Å². The van der Waals surface area contributed by atoms with Gasteiger partial charge in [-0.25, -0.2) is 0 Å². The summed E-state index contributed by atoms with van der Waals surface area (Å²) in [6.45, 7) is 3.87. The number of methoxy groups -OCH3 is 1. The highest BCUT2D eigenvalue weighted by Crippen LogP contribution is 2.26. The van der Waals surface area contributed by atoms with E-state index in [4.69, 9.17) is 4.74 Å². The maximum Gasteiger partial charge on any atom is 0.257 e. The lowest BCUT2D eigenvalue weighted by molar-refractivity contribution is 0.102. The Morgan fingerprint density at radius 2 is 2.05 bits per heavy atom. The number of pyridine rings is 1. The number of anilines is 1. The number of amides is 1. The van der Waals surface area contributed by atoms with Gasteiger partial charge in [0.05, 0.1) is 12.7 Å². The molecule has 1 heterocycles. The molecular formula is C15H16N2O2. The van der Waals surface area contributed by atoms with Crippen LogP contribution < -0.4 is 10.1 Å². The number of aryl methyl sites for hydroxylation is 2. The molecule has 98 valence electrons. The third-order valence-electron chi connectivity index (χ3n) is 2.91. The number of hydrogen-bond acceptors (Lipinski definition) is 3. The van der Waals surface area contributed by atoms with Gasteiger partial charge in [-0.05, 0) is 49.2 Å². The zero-order chi connectivity index (χ0) is 13.8. The molecule has 0 atom stereocenters. The third kappa shape index (κ3) is 2.91. The first-order chi connectivity index (χ1) is 9.11. The average molecular weight is 256 g/mol. The second-order valence-corrected chi connectivity index (χ2v) is 4.33. The van der Waals surface area contributed by atoms with E-state index in [-0.39, 0.29) is 5.91 Å². The largest absolute Gasteiger partial charge is 0.496 e. The Balaban J connectivity index is 2.25. The van der Waals surface area contributed by atoms with Crippen LogP contribution in [0.4, 0.5) is 5.69 Å². The van der Waals surface area contributed by atoms with E-state index in [0.29, 0.717) is 5.56 Å². The van der Waals surface area contributed by atoms with Crippen molar-refractivity contribution in [1.82, 2.24) is 4.98 Å². The number of nitrogens with zero attached hydrogens (tertiary/aromatic N) is 1. The number of carbonyl (C=O) groups excluding carboxylic acids is 1. The topological polar surface area (TPSA) is 51.2 Å². The minimum absolute atomic E-state index is 0.166. The molecule has 2 rings (SSSR count). The lowest BCUT2D eigenvalue weighted by Gasteiger charge is -2.12. The van der Waals surface area contributed by atoms with Crippen molar-refractivity contribution in [2.75, 3.05) is 12.4 Å². The molecule has 0 aliphatic carbocycles. The third-order valence-corrected chi connectivity index (χ3v) is 2.91. The first kappa shape index (κ1) is 13.1. The molecule has 0 fully saturated rings. The molecule has 4 nitrogen and oxygen atoms in total. The number of nitrogens with one attached hydrogen (secondary N) is 1. The molecule has 4 heteroatoms. The molecule has 0 radical (unpaired) electrons. The fourth-order valence-corrected chi connectivity index (χ4v) is 1.84. The monoisotopic (exact) mass is 256 g/mol. The van der Waals surface area contributed by atoms with Gasteiger partial charge in [0.1, 0.15) is 5.75 Å². The molecule has 0 aliphatic rings. The van der Waals surface area contributed by atoms with Crippen LogP contribution in [0.25, 0.3) is 0 Å². The lowest BCUT2D eigenvalue weighted by Crippen LogP contribution is -2.13. The van der Waals surface area contributed by atoms with Gasteiger partial charge in [-0.15, -0.1) is 0 Å². The van der Waals surface area contributed by atoms with E-state index in [0.717, 1.165) is 22.6 Å². The first-order valence-corrected chi connectivity index (χ1v) is 5.98. The van der Waals surface area contributed by atoms with Gasteiger partial charge >= 0.3 is 0 Å². The van der Waals surface area contributed by atoms with Gasteiger partial charge in [0.2, 0.25) is 0 Å². The highest BCUT2D eigenvalue weighted by Gasteiger charge is 2.09. The molecule has 0 spiro atoms. The highest BCUT2D eigenvalue weighted by molar-refractivity contribution is 6.04.